The molecule has 0 N–H and O–H groups in total. The molecule has 0 rings (SSSR count). The Kier molecular flexibility index (Phi) is 2.53. The highest BCUT2D eigenvalue weighted by molar-refractivity contribution is 7.71. The summed E-state index contributed by atoms with van der Waals surface area (Å²) in [6, 6.07) is 0. The number of hydrogen-bond donors (Lipinski definition) is 0. The minimum absolute atomic E-state index is 1.38. The maximum absolute atomic E-state index is 11.1. The molecular weight excluding hydrogens is 133 g/mol. The molecule has 0 radical (unpaired) electrons. The lowest BCUT2D eigenvalue weighted by atomic mass is 11.3. The maximum Gasteiger partial charge on any atom is 0.288 e. The van der Waals surface area contributed by atoms with Crippen molar-refractivity contribution in [2.45, 2.75) is 0 Å². The standard InChI is InChI=1S/C6H8NOP/c1-5-9(8,6-2)7(3)4/h1-2H,3-4H3. The second kappa shape index (κ2) is 2.74. The summed E-state index contributed by atoms with van der Waals surface area (Å²) in [5.74, 6) is 0. The summed E-state index contributed by atoms with van der Waals surface area (Å²) in [6.45, 7) is 0. The zero-order valence-corrected chi connectivity index (χ0v) is 6.35. The van der Waals surface area contributed by atoms with Gasteiger partial charge in [0.15, 0.2) is 0 Å². The van der Waals surface area contributed by atoms with Gasteiger partial charge >= 0.3 is 0 Å². The molecule has 0 amide bonds. The van der Waals surface area contributed by atoms with Crippen LogP contribution < -0.4 is 0 Å². The lowest BCUT2D eigenvalue weighted by molar-refractivity contribution is 0.535. The van der Waals surface area contributed by atoms with Gasteiger partial charge in [0.1, 0.15) is 0 Å². The van der Waals surface area contributed by atoms with E-state index in [9.17, 15) is 4.57 Å². The van der Waals surface area contributed by atoms with Gasteiger partial charge in [0.2, 0.25) is 0 Å². The Morgan fingerprint density at radius 1 is 1.33 bits per heavy atom. The lowest BCUT2D eigenvalue weighted by Crippen LogP contribution is -2.04. The number of hydrogen-bond acceptors (Lipinski definition) is 1. The summed E-state index contributed by atoms with van der Waals surface area (Å²) in [5, 5.41) is 0. The SMILES string of the molecule is C#CP(=O)(C#C)N(C)C. The molecule has 48 valence electrons. The molecule has 0 aromatic rings. The molecule has 0 heterocycles. The molecule has 3 heteroatoms. The third kappa shape index (κ3) is 1.61. The Bertz CT molecular complexity index is 200. The van der Waals surface area contributed by atoms with Gasteiger partial charge in [-0.1, -0.05) is 0 Å². The topological polar surface area (TPSA) is 20.3 Å². The fourth-order valence-corrected chi connectivity index (χ4v) is 0.805. The van der Waals surface area contributed by atoms with Crippen LogP contribution >= 0.6 is 7.29 Å². The zero-order valence-electron chi connectivity index (χ0n) is 5.46. The molecule has 9 heavy (non-hydrogen) atoms. The van der Waals surface area contributed by atoms with Crippen LogP contribution in [0.15, 0.2) is 0 Å². The van der Waals surface area contributed by atoms with E-state index in [0.717, 1.165) is 0 Å². The summed E-state index contributed by atoms with van der Waals surface area (Å²) in [7, 11) is 0.331. The Morgan fingerprint density at radius 3 is 1.67 bits per heavy atom. The van der Waals surface area contributed by atoms with Crippen LogP contribution in [0.3, 0.4) is 0 Å². The molecule has 2 nitrogen and oxygen atoms in total. The van der Waals surface area contributed by atoms with Crippen LogP contribution in [0.5, 0.6) is 0 Å². The Balaban J connectivity index is 4.62. The summed E-state index contributed by atoms with van der Waals surface area (Å²) in [6.07, 6.45) is 9.84. The van der Waals surface area contributed by atoms with Crippen molar-refractivity contribution in [3.63, 3.8) is 0 Å². The molecule has 0 aliphatic heterocycles. The number of rotatable bonds is 1. The minimum Gasteiger partial charge on any atom is -0.278 e. The van der Waals surface area contributed by atoms with Crippen LogP contribution in [-0.4, -0.2) is 18.8 Å². The van der Waals surface area contributed by atoms with Crippen LogP contribution in [0, 0.1) is 24.2 Å². The van der Waals surface area contributed by atoms with E-state index in [1.165, 1.54) is 4.67 Å². The molecule has 0 atom stereocenters. The van der Waals surface area contributed by atoms with E-state index in [2.05, 4.69) is 11.3 Å². The highest BCUT2D eigenvalue weighted by Crippen LogP contribution is 2.43. The molecule has 0 saturated heterocycles. The van der Waals surface area contributed by atoms with Gasteiger partial charge in [-0.15, -0.1) is 12.8 Å². The van der Waals surface area contributed by atoms with E-state index in [0.29, 0.717) is 0 Å². The quantitative estimate of drug-likeness (QED) is 0.401. The predicted molar refractivity (Wildman–Crippen MR) is 39.0 cm³/mol. The van der Waals surface area contributed by atoms with E-state index in [-0.39, 0.29) is 0 Å². The zero-order chi connectivity index (χ0) is 7.49. The van der Waals surface area contributed by atoms with E-state index < -0.39 is 7.29 Å². The van der Waals surface area contributed by atoms with Gasteiger partial charge in [-0.3, -0.25) is 4.57 Å². The van der Waals surface area contributed by atoms with E-state index in [1.54, 1.807) is 14.1 Å². The van der Waals surface area contributed by atoms with Crippen LogP contribution in [-0.2, 0) is 4.57 Å². The Labute approximate surface area is 55.7 Å². The Hall–Kier alpha value is -0.690. The van der Waals surface area contributed by atoms with Crippen molar-refractivity contribution in [2.75, 3.05) is 14.1 Å². The normalized spacial score (nSPS) is 10.3. The molecule has 0 spiro atoms. The fraction of sp³-hybridized carbons (Fsp3) is 0.333. The first-order valence-electron chi connectivity index (χ1n) is 2.30. The largest absolute Gasteiger partial charge is 0.288 e. The van der Waals surface area contributed by atoms with Gasteiger partial charge in [0.25, 0.3) is 7.29 Å². The molecule has 0 fully saturated rings. The second-order valence-electron chi connectivity index (χ2n) is 1.68. The van der Waals surface area contributed by atoms with Crippen molar-refractivity contribution < 1.29 is 4.57 Å². The van der Waals surface area contributed by atoms with Crippen molar-refractivity contribution in [1.82, 2.24) is 4.67 Å². The highest BCUT2D eigenvalue weighted by atomic mass is 31.2. The van der Waals surface area contributed by atoms with Crippen LogP contribution in [0.25, 0.3) is 0 Å². The molecule has 0 aromatic carbocycles. The smallest absolute Gasteiger partial charge is 0.278 e. The van der Waals surface area contributed by atoms with Gasteiger partial charge in [0.05, 0.1) is 0 Å². The number of terminal acetylenes is 2. The highest BCUT2D eigenvalue weighted by Gasteiger charge is 2.16. The fourth-order valence-electron chi connectivity index (χ4n) is 0.268. The van der Waals surface area contributed by atoms with Crippen LogP contribution in [0.2, 0.25) is 0 Å². The average molecular weight is 141 g/mol. The number of nitrogens with zero attached hydrogens (tertiary/aromatic N) is 1. The van der Waals surface area contributed by atoms with E-state index in [1.807, 2.05) is 0 Å². The van der Waals surface area contributed by atoms with Crippen molar-refractivity contribution in [2.24, 2.45) is 0 Å². The molecule has 0 bridgehead atoms. The first-order chi connectivity index (χ1) is 4.06. The molecule has 0 aliphatic rings. The van der Waals surface area contributed by atoms with Crippen molar-refractivity contribution in [3.8, 4) is 24.2 Å². The second-order valence-corrected chi connectivity index (χ2v) is 4.15. The third-order valence-corrected chi connectivity index (χ3v) is 2.74. The van der Waals surface area contributed by atoms with Crippen molar-refractivity contribution in [3.05, 3.63) is 0 Å². The summed E-state index contributed by atoms with van der Waals surface area (Å²) in [5.41, 5.74) is 4.15. The van der Waals surface area contributed by atoms with Crippen molar-refractivity contribution >= 4 is 7.29 Å². The average Bonchev–Trinajstić information content (AvgIpc) is 1.86. The van der Waals surface area contributed by atoms with Gasteiger partial charge in [-0.05, 0) is 25.4 Å². The molecule has 0 aliphatic carbocycles. The minimum atomic E-state index is -2.86. The third-order valence-electron chi connectivity index (χ3n) is 0.913. The molecular formula is C6H8NOP. The first-order valence-corrected chi connectivity index (χ1v) is 3.96. The van der Waals surface area contributed by atoms with Gasteiger partial charge in [0, 0.05) is 0 Å². The summed E-state index contributed by atoms with van der Waals surface area (Å²) in [4.78, 5) is 0. The predicted octanol–water partition coefficient (Wildman–Crippen LogP) is 1.01. The van der Waals surface area contributed by atoms with Gasteiger partial charge < -0.3 is 0 Å². The molecule has 0 unspecified atom stereocenters. The van der Waals surface area contributed by atoms with Crippen LogP contribution in [0.4, 0.5) is 0 Å². The molecule has 0 aromatic heterocycles. The van der Waals surface area contributed by atoms with E-state index >= 15 is 0 Å². The van der Waals surface area contributed by atoms with Gasteiger partial charge in [-0.25, -0.2) is 4.67 Å². The maximum atomic E-state index is 11.1. The lowest BCUT2D eigenvalue weighted by Gasteiger charge is -2.11. The monoisotopic (exact) mass is 141 g/mol. The Morgan fingerprint density at radius 2 is 1.67 bits per heavy atom. The van der Waals surface area contributed by atoms with Crippen molar-refractivity contribution in [1.29, 1.82) is 0 Å². The van der Waals surface area contributed by atoms with Gasteiger partial charge in [-0.2, -0.15) is 0 Å². The van der Waals surface area contributed by atoms with Crippen LogP contribution in [0.1, 0.15) is 0 Å². The molecule has 0 saturated carbocycles. The first kappa shape index (κ1) is 8.31. The summed E-state index contributed by atoms with van der Waals surface area (Å²) < 4.78 is 12.5. The summed E-state index contributed by atoms with van der Waals surface area (Å²) >= 11 is 0. The van der Waals surface area contributed by atoms with E-state index in [4.69, 9.17) is 12.8 Å².